The van der Waals surface area contributed by atoms with Crippen molar-refractivity contribution in [1.82, 2.24) is 0 Å². The molecule has 0 N–H and O–H groups in total. The van der Waals surface area contributed by atoms with Crippen molar-refractivity contribution in [3.05, 3.63) is 0 Å². The minimum Gasteiger partial charge on any atom is -0.462 e. The van der Waals surface area contributed by atoms with Gasteiger partial charge in [0.2, 0.25) is 0 Å². The fourth-order valence-electron chi connectivity index (χ4n) is 1.90. The van der Waals surface area contributed by atoms with Gasteiger partial charge in [-0.25, -0.2) is 4.79 Å². The maximum Gasteiger partial charge on any atom is 0.347 e. The quantitative estimate of drug-likeness (QED) is 0.325. The second kappa shape index (κ2) is 10.3. The molecule has 0 heterocycles. The summed E-state index contributed by atoms with van der Waals surface area (Å²) < 4.78 is 15.5. The monoisotopic (exact) mass is 344 g/mol. The molecule has 6 nitrogen and oxygen atoms in total. The van der Waals surface area contributed by atoms with E-state index in [-0.39, 0.29) is 36.8 Å². The van der Waals surface area contributed by atoms with Crippen molar-refractivity contribution in [2.24, 2.45) is 11.8 Å². The highest BCUT2D eigenvalue weighted by atomic mass is 16.6. The zero-order valence-corrected chi connectivity index (χ0v) is 16.0. The largest absolute Gasteiger partial charge is 0.462 e. The van der Waals surface area contributed by atoms with Gasteiger partial charge >= 0.3 is 11.9 Å². The third-order valence-corrected chi connectivity index (χ3v) is 3.73. The molecule has 0 saturated carbocycles. The maximum atomic E-state index is 12.2. The van der Waals surface area contributed by atoms with E-state index >= 15 is 0 Å². The number of rotatable bonds is 11. The van der Waals surface area contributed by atoms with Crippen molar-refractivity contribution in [2.75, 3.05) is 0 Å². The summed E-state index contributed by atoms with van der Waals surface area (Å²) in [5.74, 6) is -0.483. The highest BCUT2D eigenvalue weighted by Gasteiger charge is 2.30. The lowest BCUT2D eigenvalue weighted by atomic mass is 10.0. The molecule has 0 aliphatic rings. The second-order valence-corrected chi connectivity index (χ2v) is 7.47. The van der Waals surface area contributed by atoms with Gasteiger partial charge in [0, 0.05) is 6.42 Å². The Kier molecular flexibility index (Phi) is 9.63. The van der Waals surface area contributed by atoms with Gasteiger partial charge in [0.05, 0.1) is 0 Å². The van der Waals surface area contributed by atoms with Crippen LogP contribution in [0.5, 0.6) is 0 Å². The minimum atomic E-state index is -0.922. The van der Waals surface area contributed by atoms with Gasteiger partial charge in [-0.1, -0.05) is 27.7 Å². The Labute approximate surface area is 145 Å². The summed E-state index contributed by atoms with van der Waals surface area (Å²) in [6, 6.07) is 0. The smallest absolute Gasteiger partial charge is 0.347 e. The standard InChI is InChI=1S/C18H32O6/c1-12(2)10-15(22-11-19)17(21)24-18(6,7)9-8-16(20)23-14(5)13(3)4/h11-15H,8-10H2,1-7H3. The van der Waals surface area contributed by atoms with Crippen LogP contribution in [0.3, 0.4) is 0 Å². The zero-order valence-electron chi connectivity index (χ0n) is 16.0. The van der Waals surface area contributed by atoms with Gasteiger partial charge in [-0.2, -0.15) is 0 Å². The van der Waals surface area contributed by atoms with E-state index in [4.69, 9.17) is 14.2 Å². The van der Waals surface area contributed by atoms with E-state index in [1.54, 1.807) is 13.8 Å². The molecule has 0 aromatic heterocycles. The Balaban J connectivity index is 4.52. The Bertz CT molecular complexity index is 414. The average molecular weight is 344 g/mol. The van der Waals surface area contributed by atoms with Crippen LogP contribution in [0.4, 0.5) is 0 Å². The Morgan fingerprint density at radius 3 is 2.12 bits per heavy atom. The number of carbonyl (C=O) groups is 3. The summed E-state index contributed by atoms with van der Waals surface area (Å²) in [6.07, 6.45) is -0.200. The summed E-state index contributed by atoms with van der Waals surface area (Å²) in [6.45, 7) is 13.3. The van der Waals surface area contributed by atoms with Gasteiger partial charge in [0.1, 0.15) is 11.7 Å². The van der Waals surface area contributed by atoms with Crippen LogP contribution in [-0.2, 0) is 28.6 Å². The first-order chi connectivity index (χ1) is 11.0. The van der Waals surface area contributed by atoms with E-state index in [0.29, 0.717) is 12.8 Å². The van der Waals surface area contributed by atoms with E-state index in [2.05, 4.69) is 0 Å². The number of hydrogen-bond donors (Lipinski definition) is 0. The highest BCUT2D eigenvalue weighted by Crippen LogP contribution is 2.21. The molecular formula is C18H32O6. The Morgan fingerprint density at radius 2 is 1.67 bits per heavy atom. The topological polar surface area (TPSA) is 78.9 Å². The molecule has 0 aliphatic heterocycles. The molecule has 140 valence electrons. The van der Waals surface area contributed by atoms with Crippen molar-refractivity contribution in [3.63, 3.8) is 0 Å². The van der Waals surface area contributed by atoms with E-state index < -0.39 is 17.7 Å². The minimum absolute atomic E-state index is 0.153. The first kappa shape index (κ1) is 22.4. The van der Waals surface area contributed by atoms with E-state index in [9.17, 15) is 14.4 Å². The van der Waals surface area contributed by atoms with E-state index in [1.165, 1.54) is 0 Å². The Hall–Kier alpha value is -1.59. The normalized spacial score (nSPS) is 14.2. The number of ether oxygens (including phenoxy) is 3. The van der Waals surface area contributed by atoms with Crippen LogP contribution in [0.2, 0.25) is 0 Å². The SMILES string of the molecule is CC(C)CC(OC=O)C(=O)OC(C)(C)CCC(=O)OC(C)C(C)C. The first-order valence-corrected chi connectivity index (χ1v) is 8.50. The molecule has 0 aromatic rings. The van der Waals surface area contributed by atoms with Gasteiger partial charge in [-0.05, 0) is 45.4 Å². The third-order valence-electron chi connectivity index (χ3n) is 3.73. The van der Waals surface area contributed by atoms with Crippen molar-refractivity contribution >= 4 is 18.4 Å². The number of hydrogen-bond acceptors (Lipinski definition) is 6. The van der Waals surface area contributed by atoms with Crippen molar-refractivity contribution < 1.29 is 28.6 Å². The fourth-order valence-corrected chi connectivity index (χ4v) is 1.90. The molecule has 6 heteroatoms. The molecule has 0 saturated heterocycles. The average Bonchev–Trinajstić information content (AvgIpc) is 2.43. The van der Waals surface area contributed by atoms with E-state index in [1.807, 2.05) is 34.6 Å². The van der Waals surface area contributed by atoms with Crippen molar-refractivity contribution in [1.29, 1.82) is 0 Å². The summed E-state index contributed by atoms with van der Waals surface area (Å²) in [5.41, 5.74) is -0.849. The van der Waals surface area contributed by atoms with Gasteiger partial charge in [-0.3, -0.25) is 9.59 Å². The van der Waals surface area contributed by atoms with E-state index in [0.717, 1.165) is 0 Å². The Morgan fingerprint density at radius 1 is 1.08 bits per heavy atom. The summed E-state index contributed by atoms with van der Waals surface area (Å²) in [7, 11) is 0. The van der Waals surface area contributed by atoms with Crippen LogP contribution in [0.15, 0.2) is 0 Å². The predicted molar refractivity (Wildman–Crippen MR) is 90.2 cm³/mol. The molecule has 0 fully saturated rings. The molecule has 0 aliphatic carbocycles. The van der Waals surface area contributed by atoms with Crippen molar-refractivity contribution in [3.8, 4) is 0 Å². The molecule has 0 rings (SSSR count). The molecule has 0 radical (unpaired) electrons. The molecule has 2 unspecified atom stereocenters. The lowest BCUT2D eigenvalue weighted by Gasteiger charge is -2.27. The summed E-state index contributed by atoms with van der Waals surface area (Å²) >= 11 is 0. The maximum absolute atomic E-state index is 12.2. The lowest BCUT2D eigenvalue weighted by Crippen LogP contribution is -2.36. The van der Waals surface area contributed by atoms with Crippen LogP contribution in [0.25, 0.3) is 0 Å². The molecule has 0 bridgehead atoms. The molecule has 0 aromatic carbocycles. The third kappa shape index (κ3) is 9.53. The molecule has 24 heavy (non-hydrogen) atoms. The molecule has 0 amide bonds. The predicted octanol–water partition coefficient (Wildman–Crippen LogP) is 3.26. The zero-order chi connectivity index (χ0) is 18.9. The highest BCUT2D eigenvalue weighted by molar-refractivity contribution is 5.76. The number of esters is 2. The first-order valence-electron chi connectivity index (χ1n) is 8.50. The van der Waals surface area contributed by atoms with Crippen LogP contribution >= 0.6 is 0 Å². The molecule has 0 spiro atoms. The van der Waals surface area contributed by atoms with Crippen LogP contribution < -0.4 is 0 Å². The van der Waals surface area contributed by atoms with Crippen LogP contribution in [0.1, 0.15) is 67.7 Å². The molecular weight excluding hydrogens is 312 g/mol. The molecule has 2 atom stereocenters. The lowest BCUT2D eigenvalue weighted by molar-refractivity contribution is -0.175. The summed E-state index contributed by atoms with van der Waals surface area (Å²) in [5, 5.41) is 0. The summed E-state index contributed by atoms with van der Waals surface area (Å²) in [4.78, 5) is 34.6. The van der Waals surface area contributed by atoms with Crippen LogP contribution in [0, 0.1) is 11.8 Å². The van der Waals surface area contributed by atoms with Crippen LogP contribution in [-0.4, -0.2) is 36.2 Å². The fraction of sp³-hybridized carbons (Fsp3) is 0.833. The van der Waals surface area contributed by atoms with Crippen molar-refractivity contribution in [2.45, 2.75) is 85.5 Å². The second-order valence-electron chi connectivity index (χ2n) is 7.47. The van der Waals surface area contributed by atoms with Gasteiger partial charge in [0.25, 0.3) is 6.47 Å². The van der Waals surface area contributed by atoms with Gasteiger partial charge in [-0.15, -0.1) is 0 Å². The van der Waals surface area contributed by atoms with Gasteiger partial charge < -0.3 is 14.2 Å². The van der Waals surface area contributed by atoms with Gasteiger partial charge in [0.15, 0.2) is 6.10 Å². The number of carbonyl (C=O) groups excluding carboxylic acids is 3.